The number of carbonyl (C=O) groups excluding carboxylic acids is 1. The second-order valence-electron chi connectivity index (χ2n) is 5.90. The van der Waals surface area contributed by atoms with Crippen LogP contribution in [-0.2, 0) is 12.8 Å². The Labute approximate surface area is 149 Å². The van der Waals surface area contributed by atoms with Gasteiger partial charge in [-0.1, -0.05) is 30.3 Å². The lowest BCUT2D eigenvalue weighted by atomic mass is 10.1. The number of amides is 1. The van der Waals surface area contributed by atoms with Gasteiger partial charge in [0.15, 0.2) is 5.69 Å². The fraction of sp³-hybridized carbons (Fsp3) is 0.158. The second kappa shape index (κ2) is 6.04. The molecule has 4 nitrogen and oxygen atoms in total. The second-order valence-corrected chi connectivity index (χ2v) is 6.92. The monoisotopic (exact) mass is 353 g/mol. The third kappa shape index (κ3) is 2.53. The quantitative estimate of drug-likeness (QED) is 0.696. The molecule has 0 saturated heterocycles. The fourth-order valence-electron chi connectivity index (χ4n) is 3.14. The number of anilines is 1. The largest absolute Gasteiger partial charge is 0.307 e. The van der Waals surface area contributed by atoms with Gasteiger partial charge in [0, 0.05) is 35.9 Å². The number of fused-ring (bicyclic) bond motifs is 3. The van der Waals surface area contributed by atoms with Crippen molar-refractivity contribution in [3.63, 3.8) is 0 Å². The molecule has 1 amide bonds. The van der Waals surface area contributed by atoms with E-state index in [0.717, 1.165) is 16.8 Å². The van der Waals surface area contributed by atoms with Crippen molar-refractivity contribution in [2.45, 2.75) is 10.6 Å². The molecule has 0 N–H and O–H groups in total. The Morgan fingerprint density at radius 1 is 1.20 bits per heavy atom. The minimum atomic E-state index is -0.428. The van der Waals surface area contributed by atoms with Crippen LogP contribution in [0.1, 0.15) is 16.1 Å². The van der Waals surface area contributed by atoms with Gasteiger partial charge in [-0.15, -0.1) is 11.8 Å². The smallest absolute Gasteiger partial charge is 0.278 e. The van der Waals surface area contributed by atoms with E-state index in [1.807, 2.05) is 25.2 Å². The fourth-order valence-corrected chi connectivity index (χ4v) is 4.21. The number of benzene rings is 2. The molecule has 0 radical (unpaired) electrons. The standard InChI is InChI=1S/C19H16FN3OS/c1-22(15-9-5-4-8-14(15)20)19(24)17-13-11-25-16-10-6-3-7-12(16)18(13)23(2)21-17/h3-10H,11H2,1-2H3. The summed E-state index contributed by atoms with van der Waals surface area (Å²) in [6.07, 6.45) is 0. The first-order chi connectivity index (χ1) is 12.1. The molecule has 2 aromatic carbocycles. The van der Waals surface area contributed by atoms with Gasteiger partial charge in [-0.2, -0.15) is 5.10 Å². The van der Waals surface area contributed by atoms with Gasteiger partial charge in [0.05, 0.1) is 11.4 Å². The van der Waals surface area contributed by atoms with E-state index in [9.17, 15) is 9.18 Å². The Kier molecular flexibility index (Phi) is 3.84. The predicted octanol–water partition coefficient (Wildman–Crippen LogP) is 4.11. The predicted molar refractivity (Wildman–Crippen MR) is 97.3 cm³/mol. The van der Waals surface area contributed by atoms with Gasteiger partial charge >= 0.3 is 0 Å². The molecule has 4 rings (SSSR count). The molecule has 1 aliphatic heterocycles. The van der Waals surface area contributed by atoms with E-state index >= 15 is 0 Å². The molecule has 6 heteroatoms. The first kappa shape index (κ1) is 15.9. The maximum atomic E-state index is 14.0. The van der Waals surface area contributed by atoms with Crippen LogP contribution in [0.2, 0.25) is 0 Å². The molecule has 3 aromatic rings. The van der Waals surface area contributed by atoms with E-state index < -0.39 is 5.82 Å². The summed E-state index contributed by atoms with van der Waals surface area (Å²) in [5, 5.41) is 4.46. The van der Waals surface area contributed by atoms with Gasteiger partial charge in [-0.3, -0.25) is 9.48 Å². The maximum Gasteiger partial charge on any atom is 0.278 e. The number of aryl methyl sites for hydroxylation is 1. The van der Waals surface area contributed by atoms with Crippen molar-refractivity contribution in [3.8, 4) is 11.3 Å². The minimum Gasteiger partial charge on any atom is -0.307 e. The van der Waals surface area contributed by atoms with Crippen LogP contribution in [-0.4, -0.2) is 22.7 Å². The zero-order chi connectivity index (χ0) is 17.6. The van der Waals surface area contributed by atoms with E-state index in [-0.39, 0.29) is 11.6 Å². The number of para-hydroxylation sites is 1. The summed E-state index contributed by atoms with van der Waals surface area (Å²) in [4.78, 5) is 15.5. The molecule has 2 heterocycles. The zero-order valence-corrected chi connectivity index (χ0v) is 14.7. The first-order valence-corrected chi connectivity index (χ1v) is 8.87. The number of hydrogen-bond acceptors (Lipinski definition) is 3. The highest BCUT2D eigenvalue weighted by atomic mass is 32.2. The summed E-state index contributed by atoms with van der Waals surface area (Å²) in [6.45, 7) is 0. The molecule has 0 unspecified atom stereocenters. The highest BCUT2D eigenvalue weighted by molar-refractivity contribution is 7.98. The van der Waals surface area contributed by atoms with Crippen molar-refractivity contribution in [2.24, 2.45) is 7.05 Å². The summed E-state index contributed by atoms with van der Waals surface area (Å²) in [5.74, 6) is -0.0587. The number of halogens is 1. The lowest BCUT2D eigenvalue weighted by Crippen LogP contribution is -2.28. The molecule has 25 heavy (non-hydrogen) atoms. The number of nitrogens with zero attached hydrogens (tertiary/aromatic N) is 3. The van der Waals surface area contributed by atoms with Crippen molar-refractivity contribution < 1.29 is 9.18 Å². The van der Waals surface area contributed by atoms with Crippen LogP contribution < -0.4 is 4.90 Å². The van der Waals surface area contributed by atoms with Crippen molar-refractivity contribution in [3.05, 3.63) is 65.6 Å². The highest BCUT2D eigenvalue weighted by Crippen LogP contribution is 2.42. The Morgan fingerprint density at radius 3 is 2.72 bits per heavy atom. The number of aromatic nitrogens is 2. The topological polar surface area (TPSA) is 38.1 Å². The normalized spacial score (nSPS) is 12.4. The molecule has 0 saturated carbocycles. The molecule has 126 valence electrons. The molecular formula is C19H16FN3OS. The molecule has 0 spiro atoms. The van der Waals surface area contributed by atoms with Gasteiger partial charge in [0.25, 0.3) is 5.91 Å². The van der Waals surface area contributed by atoms with Crippen LogP contribution in [0.15, 0.2) is 53.4 Å². The van der Waals surface area contributed by atoms with Gasteiger partial charge in [0.1, 0.15) is 5.82 Å². The average molecular weight is 353 g/mol. The molecule has 1 aromatic heterocycles. The van der Waals surface area contributed by atoms with Crippen LogP contribution >= 0.6 is 11.8 Å². The summed E-state index contributed by atoms with van der Waals surface area (Å²) in [7, 11) is 3.41. The molecule has 0 aliphatic carbocycles. The van der Waals surface area contributed by atoms with Gasteiger partial charge < -0.3 is 4.90 Å². The zero-order valence-electron chi connectivity index (χ0n) is 13.9. The van der Waals surface area contributed by atoms with Crippen LogP contribution in [0.25, 0.3) is 11.3 Å². The van der Waals surface area contributed by atoms with Crippen LogP contribution in [0.3, 0.4) is 0 Å². The lowest BCUT2D eigenvalue weighted by Gasteiger charge is -2.19. The van der Waals surface area contributed by atoms with Gasteiger partial charge in [-0.25, -0.2) is 4.39 Å². The lowest BCUT2D eigenvalue weighted by molar-refractivity contribution is 0.0986. The van der Waals surface area contributed by atoms with Crippen molar-refractivity contribution >= 4 is 23.4 Å². The average Bonchev–Trinajstić information content (AvgIpc) is 2.98. The van der Waals surface area contributed by atoms with E-state index in [0.29, 0.717) is 11.4 Å². The number of thioether (sulfide) groups is 1. The van der Waals surface area contributed by atoms with Crippen molar-refractivity contribution in [1.29, 1.82) is 0 Å². The Morgan fingerprint density at radius 2 is 1.92 bits per heavy atom. The van der Waals surface area contributed by atoms with Crippen molar-refractivity contribution in [2.75, 3.05) is 11.9 Å². The Hall–Kier alpha value is -2.60. The summed E-state index contributed by atoms with van der Waals surface area (Å²) in [5.41, 5.74) is 3.57. The number of rotatable bonds is 2. The third-order valence-corrected chi connectivity index (χ3v) is 5.48. The summed E-state index contributed by atoms with van der Waals surface area (Å²) < 4.78 is 15.8. The molecule has 0 bridgehead atoms. The molecule has 1 aliphatic rings. The number of hydrogen-bond donors (Lipinski definition) is 0. The summed E-state index contributed by atoms with van der Waals surface area (Å²) >= 11 is 1.69. The van der Waals surface area contributed by atoms with Gasteiger partial charge in [0.2, 0.25) is 0 Å². The minimum absolute atomic E-state index is 0.246. The first-order valence-electron chi connectivity index (χ1n) is 7.88. The summed E-state index contributed by atoms with van der Waals surface area (Å²) in [6, 6.07) is 14.3. The number of carbonyl (C=O) groups is 1. The maximum absolute atomic E-state index is 14.0. The molecule has 0 atom stereocenters. The SMILES string of the molecule is CN(C(=O)c1nn(C)c2c1CSc1ccccc1-2)c1ccccc1F. The van der Waals surface area contributed by atoms with Crippen LogP contribution in [0, 0.1) is 5.82 Å². The Balaban J connectivity index is 1.79. The van der Waals surface area contributed by atoms with Crippen LogP contribution in [0.5, 0.6) is 0 Å². The van der Waals surface area contributed by atoms with E-state index in [1.165, 1.54) is 15.9 Å². The van der Waals surface area contributed by atoms with Crippen molar-refractivity contribution in [1.82, 2.24) is 9.78 Å². The van der Waals surface area contributed by atoms with E-state index in [4.69, 9.17) is 0 Å². The van der Waals surface area contributed by atoms with Crippen LogP contribution in [0.4, 0.5) is 10.1 Å². The highest BCUT2D eigenvalue weighted by Gasteiger charge is 2.29. The third-order valence-electron chi connectivity index (χ3n) is 4.38. The van der Waals surface area contributed by atoms with E-state index in [2.05, 4.69) is 11.2 Å². The van der Waals surface area contributed by atoms with Gasteiger partial charge in [-0.05, 0) is 18.2 Å². The van der Waals surface area contributed by atoms with E-state index in [1.54, 1.807) is 41.7 Å². The molecular weight excluding hydrogens is 337 g/mol. The molecule has 0 fully saturated rings. The Bertz CT molecular complexity index is 983.